The summed E-state index contributed by atoms with van der Waals surface area (Å²) in [6.45, 7) is 0. The van der Waals surface area contributed by atoms with Gasteiger partial charge in [0.2, 0.25) is 0 Å². The van der Waals surface area contributed by atoms with Crippen LogP contribution in [0.5, 0.6) is 5.75 Å². The van der Waals surface area contributed by atoms with Gasteiger partial charge in [-0.05, 0) is 64.2 Å². The predicted molar refractivity (Wildman–Crippen MR) is 82.5 cm³/mol. The molecule has 0 aliphatic rings. The lowest BCUT2D eigenvalue weighted by Gasteiger charge is -2.13. The minimum Gasteiger partial charge on any atom is -0.497 e. The second kappa shape index (κ2) is 6.86. The molecule has 2 rings (SSSR count). The normalized spacial score (nSPS) is 12.2. The Kier molecular flexibility index (Phi) is 5.15. The third kappa shape index (κ3) is 4.05. The third-order valence-corrected chi connectivity index (χ3v) is 3.72. The Morgan fingerprint density at radius 1 is 1.15 bits per heavy atom. The highest BCUT2D eigenvalue weighted by atomic mass is 79.9. The number of rotatable bonds is 5. The van der Waals surface area contributed by atoms with Gasteiger partial charge in [-0.25, -0.2) is 4.39 Å². The van der Waals surface area contributed by atoms with Crippen molar-refractivity contribution in [3.63, 3.8) is 0 Å². The van der Waals surface area contributed by atoms with Gasteiger partial charge in [-0.15, -0.1) is 0 Å². The predicted octanol–water partition coefficient (Wildman–Crippen LogP) is 3.71. The van der Waals surface area contributed by atoms with Crippen molar-refractivity contribution in [1.29, 1.82) is 0 Å². The van der Waals surface area contributed by atoms with E-state index in [2.05, 4.69) is 15.9 Å². The minimum absolute atomic E-state index is 0.0144. The Morgan fingerprint density at radius 3 is 2.50 bits per heavy atom. The van der Waals surface area contributed by atoms with Crippen LogP contribution in [0.3, 0.4) is 0 Å². The minimum atomic E-state index is -0.255. The zero-order valence-electron chi connectivity index (χ0n) is 11.3. The Hall–Kier alpha value is -1.39. The Balaban J connectivity index is 2.00. The number of benzene rings is 2. The quantitative estimate of drug-likeness (QED) is 0.902. The largest absolute Gasteiger partial charge is 0.497 e. The van der Waals surface area contributed by atoms with Gasteiger partial charge in [0, 0.05) is 6.04 Å². The van der Waals surface area contributed by atoms with Crippen molar-refractivity contribution in [3.8, 4) is 5.75 Å². The fraction of sp³-hybridized carbons (Fsp3) is 0.250. The molecule has 0 bridgehead atoms. The van der Waals surface area contributed by atoms with Gasteiger partial charge < -0.3 is 10.5 Å². The van der Waals surface area contributed by atoms with E-state index in [9.17, 15) is 4.39 Å². The van der Waals surface area contributed by atoms with Crippen LogP contribution in [0, 0.1) is 5.82 Å². The highest BCUT2D eigenvalue weighted by Gasteiger charge is 2.08. The molecule has 0 saturated heterocycles. The third-order valence-electron chi connectivity index (χ3n) is 3.11. The molecular formula is C16H17BrFNO. The van der Waals surface area contributed by atoms with Crippen molar-refractivity contribution in [2.24, 2.45) is 5.73 Å². The van der Waals surface area contributed by atoms with Crippen LogP contribution in [0.25, 0.3) is 0 Å². The standard InChI is InChI=1S/C16H17BrFNO/c1-20-14-4-2-3-11(9-14)7-13(19)8-12-5-6-16(18)15(17)10-12/h2-6,9-10,13H,7-8,19H2,1H3. The van der Waals surface area contributed by atoms with Crippen LogP contribution in [0.2, 0.25) is 0 Å². The first kappa shape index (κ1) is 15.0. The zero-order valence-corrected chi connectivity index (χ0v) is 12.9. The van der Waals surface area contributed by atoms with Crippen LogP contribution >= 0.6 is 15.9 Å². The molecule has 0 amide bonds. The smallest absolute Gasteiger partial charge is 0.137 e. The van der Waals surface area contributed by atoms with E-state index in [1.54, 1.807) is 19.2 Å². The van der Waals surface area contributed by atoms with Crippen LogP contribution in [0.1, 0.15) is 11.1 Å². The van der Waals surface area contributed by atoms with Gasteiger partial charge in [0.25, 0.3) is 0 Å². The van der Waals surface area contributed by atoms with E-state index in [0.29, 0.717) is 10.9 Å². The molecule has 1 unspecified atom stereocenters. The average Bonchev–Trinajstić information content (AvgIpc) is 2.43. The van der Waals surface area contributed by atoms with Crippen molar-refractivity contribution in [3.05, 3.63) is 63.9 Å². The molecule has 2 N–H and O–H groups in total. The molecule has 0 heterocycles. The summed E-state index contributed by atoms with van der Waals surface area (Å²) in [4.78, 5) is 0. The van der Waals surface area contributed by atoms with Gasteiger partial charge in [-0.2, -0.15) is 0 Å². The molecular weight excluding hydrogens is 321 g/mol. The molecule has 0 aromatic heterocycles. The van der Waals surface area contributed by atoms with E-state index in [-0.39, 0.29) is 11.9 Å². The van der Waals surface area contributed by atoms with Crippen molar-refractivity contribution in [2.45, 2.75) is 18.9 Å². The number of hydrogen-bond donors (Lipinski definition) is 1. The van der Waals surface area contributed by atoms with Crippen LogP contribution < -0.4 is 10.5 Å². The van der Waals surface area contributed by atoms with Crippen molar-refractivity contribution < 1.29 is 9.13 Å². The Morgan fingerprint density at radius 2 is 1.85 bits per heavy atom. The van der Waals surface area contributed by atoms with E-state index >= 15 is 0 Å². The van der Waals surface area contributed by atoms with E-state index in [0.717, 1.165) is 23.3 Å². The van der Waals surface area contributed by atoms with E-state index in [4.69, 9.17) is 10.5 Å². The van der Waals surface area contributed by atoms with E-state index < -0.39 is 0 Å². The SMILES string of the molecule is COc1cccc(CC(N)Cc2ccc(F)c(Br)c2)c1. The van der Waals surface area contributed by atoms with Crippen molar-refractivity contribution in [1.82, 2.24) is 0 Å². The summed E-state index contributed by atoms with van der Waals surface area (Å²) in [6.07, 6.45) is 1.46. The van der Waals surface area contributed by atoms with Gasteiger partial charge >= 0.3 is 0 Å². The molecule has 2 aromatic carbocycles. The summed E-state index contributed by atoms with van der Waals surface area (Å²) in [5.74, 6) is 0.578. The lowest BCUT2D eigenvalue weighted by Crippen LogP contribution is -2.25. The molecule has 0 aliphatic heterocycles. The van der Waals surface area contributed by atoms with Crippen LogP contribution in [-0.4, -0.2) is 13.2 Å². The second-order valence-electron chi connectivity index (χ2n) is 4.77. The first-order valence-corrected chi connectivity index (χ1v) is 7.20. The molecule has 0 spiro atoms. The molecule has 0 fully saturated rings. The second-order valence-corrected chi connectivity index (χ2v) is 5.62. The number of hydrogen-bond acceptors (Lipinski definition) is 2. The molecule has 106 valence electrons. The van der Waals surface area contributed by atoms with Crippen LogP contribution in [-0.2, 0) is 12.8 Å². The number of ether oxygens (including phenoxy) is 1. The Labute approximate surface area is 126 Å². The first-order valence-electron chi connectivity index (χ1n) is 6.41. The molecule has 1 atom stereocenters. The lowest BCUT2D eigenvalue weighted by molar-refractivity contribution is 0.414. The summed E-state index contributed by atoms with van der Waals surface area (Å²) in [6, 6.07) is 12.9. The lowest BCUT2D eigenvalue weighted by atomic mass is 9.99. The van der Waals surface area contributed by atoms with Crippen molar-refractivity contribution in [2.75, 3.05) is 7.11 Å². The van der Waals surface area contributed by atoms with E-state index in [1.165, 1.54) is 6.07 Å². The maximum atomic E-state index is 13.2. The zero-order chi connectivity index (χ0) is 14.5. The van der Waals surface area contributed by atoms with Gasteiger partial charge in [-0.1, -0.05) is 18.2 Å². The van der Waals surface area contributed by atoms with Gasteiger partial charge in [-0.3, -0.25) is 0 Å². The number of nitrogens with two attached hydrogens (primary N) is 1. The summed E-state index contributed by atoms with van der Waals surface area (Å²) >= 11 is 3.19. The maximum absolute atomic E-state index is 13.2. The number of methoxy groups -OCH3 is 1. The molecule has 20 heavy (non-hydrogen) atoms. The molecule has 0 saturated carbocycles. The average molecular weight is 338 g/mol. The van der Waals surface area contributed by atoms with Crippen molar-refractivity contribution >= 4 is 15.9 Å². The van der Waals surface area contributed by atoms with Gasteiger partial charge in [0.15, 0.2) is 0 Å². The molecule has 0 aliphatic carbocycles. The Bertz CT molecular complexity index is 588. The van der Waals surface area contributed by atoms with E-state index in [1.807, 2.05) is 24.3 Å². The highest BCUT2D eigenvalue weighted by molar-refractivity contribution is 9.10. The summed E-state index contributed by atoms with van der Waals surface area (Å²) < 4.78 is 18.8. The monoisotopic (exact) mass is 337 g/mol. The summed E-state index contributed by atoms with van der Waals surface area (Å²) in [7, 11) is 1.65. The first-order chi connectivity index (χ1) is 9.58. The molecule has 0 radical (unpaired) electrons. The van der Waals surface area contributed by atoms with Gasteiger partial charge in [0.05, 0.1) is 11.6 Å². The fourth-order valence-electron chi connectivity index (χ4n) is 2.14. The molecule has 4 heteroatoms. The molecule has 2 nitrogen and oxygen atoms in total. The summed E-state index contributed by atoms with van der Waals surface area (Å²) in [5, 5.41) is 0. The number of halogens is 2. The molecule has 2 aromatic rings. The summed E-state index contributed by atoms with van der Waals surface area (Å²) in [5.41, 5.74) is 8.33. The van der Waals surface area contributed by atoms with Crippen LogP contribution in [0.15, 0.2) is 46.9 Å². The topological polar surface area (TPSA) is 35.2 Å². The van der Waals surface area contributed by atoms with Crippen LogP contribution in [0.4, 0.5) is 4.39 Å². The maximum Gasteiger partial charge on any atom is 0.137 e. The van der Waals surface area contributed by atoms with Gasteiger partial charge in [0.1, 0.15) is 11.6 Å². The fourth-order valence-corrected chi connectivity index (χ4v) is 2.57. The highest BCUT2D eigenvalue weighted by Crippen LogP contribution is 2.19.